The quantitative estimate of drug-likeness (QED) is 0.601. The lowest BCUT2D eigenvalue weighted by Gasteiger charge is -2.27. The van der Waals surface area contributed by atoms with E-state index < -0.39 is 0 Å². The van der Waals surface area contributed by atoms with Crippen molar-refractivity contribution in [3.8, 4) is 6.07 Å². The van der Waals surface area contributed by atoms with Gasteiger partial charge in [0.25, 0.3) is 0 Å². The van der Waals surface area contributed by atoms with E-state index in [1.54, 1.807) is 0 Å². The Morgan fingerprint density at radius 3 is 2.62 bits per heavy atom. The first-order valence-corrected chi connectivity index (χ1v) is 5.36. The van der Waals surface area contributed by atoms with Gasteiger partial charge in [0.15, 0.2) is 0 Å². The highest BCUT2D eigenvalue weighted by Crippen LogP contribution is 2.33. The van der Waals surface area contributed by atoms with Crippen molar-refractivity contribution in [3.63, 3.8) is 0 Å². The van der Waals surface area contributed by atoms with Gasteiger partial charge in [-0.1, -0.05) is 38.2 Å². The fourth-order valence-electron chi connectivity index (χ4n) is 2.38. The van der Waals surface area contributed by atoms with Gasteiger partial charge in [0.05, 0.1) is 6.07 Å². The van der Waals surface area contributed by atoms with E-state index in [9.17, 15) is 0 Å². The standard InChI is InChI=1S/C12H19N/c1-2-6-11(9-10-13)12-7-4-3-5-8-12/h2,11-12H,1,3-9H2. The molecule has 0 heterocycles. The monoisotopic (exact) mass is 177 g/mol. The van der Waals surface area contributed by atoms with Gasteiger partial charge in [-0.25, -0.2) is 0 Å². The molecule has 0 spiro atoms. The van der Waals surface area contributed by atoms with Gasteiger partial charge in [-0.15, -0.1) is 6.58 Å². The van der Waals surface area contributed by atoms with Gasteiger partial charge < -0.3 is 0 Å². The molecule has 72 valence electrons. The molecular formula is C12H19N. The van der Waals surface area contributed by atoms with Crippen LogP contribution in [0, 0.1) is 23.2 Å². The van der Waals surface area contributed by atoms with E-state index in [4.69, 9.17) is 5.26 Å². The molecule has 0 amide bonds. The fourth-order valence-corrected chi connectivity index (χ4v) is 2.38. The van der Waals surface area contributed by atoms with Crippen LogP contribution in [0.15, 0.2) is 12.7 Å². The van der Waals surface area contributed by atoms with Crippen LogP contribution in [0.3, 0.4) is 0 Å². The minimum Gasteiger partial charge on any atom is -0.198 e. The summed E-state index contributed by atoms with van der Waals surface area (Å²) in [5.41, 5.74) is 0. The van der Waals surface area contributed by atoms with Crippen molar-refractivity contribution in [2.24, 2.45) is 11.8 Å². The van der Waals surface area contributed by atoms with E-state index in [0.29, 0.717) is 5.92 Å². The summed E-state index contributed by atoms with van der Waals surface area (Å²) in [6.45, 7) is 3.77. The SMILES string of the molecule is C=CCC(CC#N)C1CCCCC1. The van der Waals surface area contributed by atoms with Gasteiger partial charge in [0, 0.05) is 6.42 Å². The number of nitrogens with zero attached hydrogens (tertiary/aromatic N) is 1. The van der Waals surface area contributed by atoms with Gasteiger partial charge in [0.2, 0.25) is 0 Å². The molecule has 1 fully saturated rings. The first-order chi connectivity index (χ1) is 6.38. The zero-order valence-corrected chi connectivity index (χ0v) is 8.34. The summed E-state index contributed by atoms with van der Waals surface area (Å²) in [6, 6.07) is 2.30. The number of hydrogen-bond acceptors (Lipinski definition) is 1. The van der Waals surface area contributed by atoms with Crippen LogP contribution < -0.4 is 0 Å². The second-order valence-electron chi connectivity index (χ2n) is 4.04. The predicted molar refractivity (Wildman–Crippen MR) is 55.1 cm³/mol. The first kappa shape index (κ1) is 10.3. The molecule has 0 aromatic carbocycles. The lowest BCUT2D eigenvalue weighted by atomic mass is 9.77. The molecule has 0 aromatic heterocycles. The summed E-state index contributed by atoms with van der Waals surface area (Å²) in [5, 5.41) is 8.71. The molecule has 0 saturated heterocycles. The Morgan fingerprint density at radius 1 is 1.38 bits per heavy atom. The highest BCUT2D eigenvalue weighted by Gasteiger charge is 2.21. The minimum atomic E-state index is 0.586. The molecular weight excluding hydrogens is 158 g/mol. The van der Waals surface area contributed by atoms with Crippen molar-refractivity contribution in [2.45, 2.75) is 44.9 Å². The number of hydrogen-bond donors (Lipinski definition) is 0. The average Bonchev–Trinajstić information content (AvgIpc) is 2.19. The van der Waals surface area contributed by atoms with Crippen LogP contribution in [0.4, 0.5) is 0 Å². The molecule has 13 heavy (non-hydrogen) atoms. The molecule has 1 rings (SSSR count). The van der Waals surface area contributed by atoms with Crippen LogP contribution in [0.5, 0.6) is 0 Å². The number of allylic oxidation sites excluding steroid dienone is 1. The van der Waals surface area contributed by atoms with Crippen LogP contribution in [0.2, 0.25) is 0 Å². The molecule has 1 heteroatoms. The molecule has 1 aliphatic carbocycles. The van der Waals surface area contributed by atoms with Gasteiger partial charge in [-0.3, -0.25) is 0 Å². The lowest BCUT2D eigenvalue weighted by molar-refractivity contribution is 0.252. The van der Waals surface area contributed by atoms with Crippen LogP contribution in [0.1, 0.15) is 44.9 Å². The number of rotatable bonds is 4. The average molecular weight is 177 g/mol. The van der Waals surface area contributed by atoms with Gasteiger partial charge in [-0.2, -0.15) is 5.26 Å². The van der Waals surface area contributed by atoms with Gasteiger partial charge in [-0.05, 0) is 18.3 Å². The van der Waals surface area contributed by atoms with E-state index >= 15 is 0 Å². The zero-order chi connectivity index (χ0) is 9.52. The van der Waals surface area contributed by atoms with Gasteiger partial charge >= 0.3 is 0 Å². The highest BCUT2D eigenvalue weighted by atomic mass is 14.3. The maximum absolute atomic E-state index is 8.71. The van der Waals surface area contributed by atoms with Crippen molar-refractivity contribution in [1.82, 2.24) is 0 Å². The Morgan fingerprint density at radius 2 is 2.08 bits per heavy atom. The molecule has 0 aliphatic heterocycles. The molecule has 0 radical (unpaired) electrons. The second-order valence-corrected chi connectivity index (χ2v) is 4.04. The molecule has 1 aliphatic rings. The van der Waals surface area contributed by atoms with E-state index in [1.165, 1.54) is 32.1 Å². The highest BCUT2D eigenvalue weighted by molar-refractivity contribution is 4.86. The summed E-state index contributed by atoms with van der Waals surface area (Å²) in [5.74, 6) is 1.38. The normalized spacial score (nSPS) is 20.5. The van der Waals surface area contributed by atoms with Crippen molar-refractivity contribution >= 4 is 0 Å². The molecule has 1 nitrogen and oxygen atoms in total. The van der Waals surface area contributed by atoms with Crippen molar-refractivity contribution < 1.29 is 0 Å². The molecule has 0 aromatic rings. The minimum absolute atomic E-state index is 0.586. The fraction of sp³-hybridized carbons (Fsp3) is 0.750. The molecule has 1 saturated carbocycles. The zero-order valence-electron chi connectivity index (χ0n) is 8.34. The maximum Gasteiger partial charge on any atom is 0.0624 e. The maximum atomic E-state index is 8.71. The van der Waals surface area contributed by atoms with Crippen LogP contribution in [-0.4, -0.2) is 0 Å². The van der Waals surface area contributed by atoms with Gasteiger partial charge in [0.1, 0.15) is 0 Å². The van der Waals surface area contributed by atoms with Crippen LogP contribution in [0.25, 0.3) is 0 Å². The lowest BCUT2D eigenvalue weighted by Crippen LogP contribution is -2.17. The Balaban J connectivity index is 2.41. The van der Waals surface area contributed by atoms with Crippen molar-refractivity contribution in [2.75, 3.05) is 0 Å². The topological polar surface area (TPSA) is 23.8 Å². The summed E-state index contributed by atoms with van der Waals surface area (Å²) >= 11 is 0. The Labute approximate surface area is 81.5 Å². The summed E-state index contributed by atoms with van der Waals surface area (Å²) < 4.78 is 0. The summed E-state index contributed by atoms with van der Waals surface area (Å²) in [4.78, 5) is 0. The molecule has 1 unspecified atom stereocenters. The molecule has 0 bridgehead atoms. The van der Waals surface area contributed by atoms with E-state index in [2.05, 4.69) is 12.6 Å². The third-order valence-corrected chi connectivity index (χ3v) is 3.14. The Kier molecular flexibility index (Phi) is 4.60. The third-order valence-electron chi connectivity index (χ3n) is 3.14. The second kappa shape index (κ2) is 5.80. The van der Waals surface area contributed by atoms with Crippen LogP contribution >= 0.6 is 0 Å². The van der Waals surface area contributed by atoms with Crippen LogP contribution in [-0.2, 0) is 0 Å². The van der Waals surface area contributed by atoms with Crippen molar-refractivity contribution in [3.05, 3.63) is 12.7 Å². The van der Waals surface area contributed by atoms with E-state index in [-0.39, 0.29) is 0 Å². The molecule has 1 atom stereocenters. The smallest absolute Gasteiger partial charge is 0.0624 e. The molecule has 0 N–H and O–H groups in total. The van der Waals surface area contributed by atoms with E-state index in [0.717, 1.165) is 18.8 Å². The predicted octanol–water partition coefficient (Wildman–Crippen LogP) is 3.67. The van der Waals surface area contributed by atoms with E-state index in [1.807, 2.05) is 6.08 Å². The third kappa shape index (κ3) is 3.22. The summed E-state index contributed by atoms with van der Waals surface area (Å²) in [7, 11) is 0. The number of nitriles is 1. The Hall–Kier alpha value is -0.770. The Bertz CT molecular complexity index is 184. The van der Waals surface area contributed by atoms with Crippen molar-refractivity contribution in [1.29, 1.82) is 5.26 Å². The summed E-state index contributed by atoms with van der Waals surface area (Å²) in [6.07, 6.45) is 10.5. The first-order valence-electron chi connectivity index (χ1n) is 5.36. The largest absolute Gasteiger partial charge is 0.198 e.